The lowest BCUT2D eigenvalue weighted by molar-refractivity contribution is -0.126. The van der Waals surface area contributed by atoms with Gasteiger partial charge in [-0.3, -0.25) is 9.59 Å². The Hall–Kier alpha value is -2.38. The Balaban J connectivity index is 1.36. The number of ether oxygens (including phenoxy) is 4. The van der Waals surface area contributed by atoms with Crippen LogP contribution in [0.25, 0.3) is 0 Å². The molecule has 0 bridgehead atoms. The molecule has 0 aromatic rings. The summed E-state index contributed by atoms with van der Waals surface area (Å²) in [6, 6.07) is 0. The zero-order valence-corrected chi connectivity index (χ0v) is 27.1. The third-order valence-corrected chi connectivity index (χ3v) is 11.4. The number of carbonyl (C=O) groups excluding carboxylic acids is 2. The Morgan fingerprint density at radius 1 is 0.841 bits per heavy atom. The zero-order chi connectivity index (χ0) is 30.7. The predicted molar refractivity (Wildman–Crippen MR) is 170 cm³/mol. The van der Waals surface area contributed by atoms with Crippen molar-refractivity contribution in [1.82, 2.24) is 5.32 Å². The number of hydrogen-bond donors (Lipinski definition) is 1. The molecule has 7 unspecified atom stereocenters. The van der Waals surface area contributed by atoms with Gasteiger partial charge in [-0.15, -0.1) is 0 Å². The molecule has 0 spiro atoms. The summed E-state index contributed by atoms with van der Waals surface area (Å²) < 4.78 is 24.9. The van der Waals surface area contributed by atoms with Gasteiger partial charge in [-0.1, -0.05) is 13.0 Å². The van der Waals surface area contributed by atoms with Gasteiger partial charge in [-0.25, -0.2) is 0 Å². The fourth-order valence-corrected chi connectivity index (χ4v) is 9.19. The van der Waals surface area contributed by atoms with Crippen LogP contribution in [0.3, 0.4) is 0 Å². The highest BCUT2D eigenvalue weighted by molar-refractivity contribution is 5.82. The molecule has 7 atom stereocenters. The van der Waals surface area contributed by atoms with Gasteiger partial charge in [0.2, 0.25) is 0 Å². The lowest BCUT2D eigenvalue weighted by Gasteiger charge is -2.54. The van der Waals surface area contributed by atoms with E-state index in [0.717, 1.165) is 81.5 Å². The van der Waals surface area contributed by atoms with Crippen molar-refractivity contribution in [3.8, 4) is 0 Å². The topological polar surface area (TPSA) is 83.1 Å². The molecule has 0 heterocycles. The number of Topliss-reactive ketones (excluding diaryl/α,β-unsaturated/α-hetero) is 2. The van der Waals surface area contributed by atoms with Crippen LogP contribution in [0, 0.1) is 17.8 Å². The third-order valence-electron chi connectivity index (χ3n) is 11.4. The van der Waals surface area contributed by atoms with Crippen LogP contribution < -0.4 is 5.32 Å². The summed E-state index contributed by atoms with van der Waals surface area (Å²) in [7, 11) is 3.48. The summed E-state index contributed by atoms with van der Waals surface area (Å²) in [4.78, 5) is 26.7. The van der Waals surface area contributed by atoms with Crippen LogP contribution in [0.1, 0.15) is 110 Å². The average molecular weight is 608 g/mol. The molecule has 0 aromatic carbocycles. The first kappa shape index (κ1) is 31.6. The first-order valence-corrected chi connectivity index (χ1v) is 17.4. The largest absolute Gasteiger partial charge is 0.493 e. The van der Waals surface area contributed by atoms with E-state index in [1.807, 2.05) is 0 Å². The monoisotopic (exact) mass is 607 g/mol. The van der Waals surface area contributed by atoms with Crippen LogP contribution in [0.4, 0.5) is 0 Å². The minimum absolute atomic E-state index is 0.0404. The summed E-state index contributed by atoms with van der Waals surface area (Å²) in [6.45, 7) is 2.26. The fraction of sp³-hybridized carbons (Fsp3) is 0.730. The number of hydrogen-bond acceptors (Lipinski definition) is 7. The van der Waals surface area contributed by atoms with Crippen LogP contribution in [-0.2, 0) is 28.5 Å². The lowest BCUT2D eigenvalue weighted by atomic mass is 9.62. The summed E-state index contributed by atoms with van der Waals surface area (Å²) in [5, 5.41) is 4.23. The van der Waals surface area contributed by atoms with E-state index >= 15 is 0 Å². The minimum Gasteiger partial charge on any atom is -0.493 e. The van der Waals surface area contributed by atoms with E-state index in [0.29, 0.717) is 37.2 Å². The van der Waals surface area contributed by atoms with Crippen molar-refractivity contribution in [3.05, 3.63) is 47.7 Å². The predicted octanol–water partition coefficient (Wildman–Crippen LogP) is 7.02. The normalized spacial score (nSPS) is 38.2. The van der Waals surface area contributed by atoms with Crippen LogP contribution in [0.15, 0.2) is 47.7 Å². The molecule has 1 N–H and O–H groups in total. The quantitative estimate of drug-likeness (QED) is 0.267. The van der Waals surface area contributed by atoms with E-state index in [4.69, 9.17) is 18.9 Å². The Bertz CT molecular complexity index is 1200. The molecule has 3 saturated carbocycles. The Morgan fingerprint density at radius 3 is 2.16 bits per heavy atom. The standard InChI is InChI=1S/C37H53NO6/c1-25-20-27(22-34(35(25)42-3)44-31-14-6-7-15-31)37(19-9-11-29(40)24-37)38-36(18-8-10-28(39)23-36)26-16-17-32(41-2)33(21-26)43-30-12-4-5-13-30/h4,12,17,21-22,25-27,30-31,35,38H,5-11,13-16,18-20,23-24H2,1-3H3. The van der Waals surface area contributed by atoms with Gasteiger partial charge in [-0.2, -0.15) is 0 Å². The van der Waals surface area contributed by atoms with Gasteiger partial charge in [-0.05, 0) is 113 Å². The molecule has 6 rings (SSSR count). The first-order valence-electron chi connectivity index (χ1n) is 17.4. The van der Waals surface area contributed by atoms with Crippen molar-refractivity contribution < 1.29 is 28.5 Å². The van der Waals surface area contributed by atoms with Gasteiger partial charge in [0.1, 0.15) is 29.5 Å². The number of rotatable bonds is 10. The van der Waals surface area contributed by atoms with Crippen molar-refractivity contribution in [3.63, 3.8) is 0 Å². The molecular formula is C37H53NO6. The number of allylic oxidation sites excluding steroid dienone is 2. The van der Waals surface area contributed by atoms with Crippen LogP contribution in [0.5, 0.6) is 0 Å². The minimum atomic E-state index is -0.468. The number of ketones is 2. The fourth-order valence-electron chi connectivity index (χ4n) is 9.19. The van der Waals surface area contributed by atoms with Gasteiger partial charge in [0.05, 0.1) is 13.2 Å². The van der Waals surface area contributed by atoms with Crippen molar-refractivity contribution >= 4 is 11.6 Å². The van der Waals surface area contributed by atoms with E-state index < -0.39 is 11.1 Å². The number of nitrogens with one attached hydrogen (secondary N) is 1. The molecule has 7 heteroatoms. The third kappa shape index (κ3) is 6.60. The average Bonchev–Trinajstić information content (AvgIpc) is 3.72. The van der Waals surface area contributed by atoms with Crippen molar-refractivity contribution in [2.75, 3.05) is 14.2 Å². The Labute approximate surface area is 263 Å². The maximum atomic E-state index is 13.3. The second-order valence-electron chi connectivity index (χ2n) is 14.5. The molecule has 0 aromatic heterocycles. The van der Waals surface area contributed by atoms with Crippen LogP contribution in [-0.4, -0.2) is 55.2 Å². The maximum absolute atomic E-state index is 13.3. The van der Waals surface area contributed by atoms with E-state index in [-0.39, 0.29) is 36.1 Å². The van der Waals surface area contributed by atoms with Gasteiger partial charge in [0, 0.05) is 49.8 Å². The highest BCUT2D eigenvalue weighted by Crippen LogP contribution is 2.48. The van der Waals surface area contributed by atoms with Gasteiger partial charge < -0.3 is 24.3 Å². The van der Waals surface area contributed by atoms with Crippen molar-refractivity contribution in [2.45, 2.75) is 139 Å². The highest BCUT2D eigenvalue weighted by atomic mass is 16.5. The highest BCUT2D eigenvalue weighted by Gasteiger charge is 2.53. The second kappa shape index (κ2) is 13.5. The van der Waals surface area contributed by atoms with E-state index in [9.17, 15) is 9.59 Å². The molecule has 0 saturated heterocycles. The summed E-state index contributed by atoms with van der Waals surface area (Å²) in [5.41, 5.74) is -0.914. The van der Waals surface area contributed by atoms with Crippen molar-refractivity contribution in [2.24, 2.45) is 17.8 Å². The lowest BCUT2D eigenvalue weighted by Crippen LogP contribution is -2.67. The number of methoxy groups -OCH3 is 2. The van der Waals surface area contributed by atoms with Crippen molar-refractivity contribution in [1.29, 1.82) is 0 Å². The summed E-state index contributed by atoms with van der Waals surface area (Å²) in [6.07, 6.45) is 25.2. The van der Waals surface area contributed by atoms with Gasteiger partial charge >= 0.3 is 0 Å². The van der Waals surface area contributed by atoms with Crippen LogP contribution >= 0.6 is 0 Å². The zero-order valence-electron chi connectivity index (χ0n) is 27.1. The van der Waals surface area contributed by atoms with E-state index in [1.165, 1.54) is 12.8 Å². The van der Waals surface area contributed by atoms with Gasteiger partial charge in [0.15, 0.2) is 11.5 Å². The maximum Gasteiger partial charge on any atom is 0.158 e. The molecule has 3 fully saturated rings. The molecule has 44 heavy (non-hydrogen) atoms. The van der Waals surface area contributed by atoms with E-state index in [2.05, 4.69) is 42.6 Å². The Morgan fingerprint density at radius 2 is 1.55 bits per heavy atom. The molecule has 0 radical (unpaired) electrons. The SMILES string of the molecule is COC1=CCC(C2(NC3(C4C=C(OC5CCCC5)C(OC)C(C)C4)CCCC(=O)C3)CCCC(=O)C2)C=C1OC1C=CCC1. The smallest absolute Gasteiger partial charge is 0.158 e. The van der Waals surface area contributed by atoms with E-state index in [1.54, 1.807) is 14.2 Å². The summed E-state index contributed by atoms with van der Waals surface area (Å²) in [5.74, 6) is 3.51. The molecule has 242 valence electrons. The molecular weight excluding hydrogens is 554 g/mol. The van der Waals surface area contributed by atoms with Crippen LogP contribution in [0.2, 0.25) is 0 Å². The summed E-state index contributed by atoms with van der Waals surface area (Å²) >= 11 is 0. The second-order valence-corrected chi connectivity index (χ2v) is 14.5. The first-order chi connectivity index (χ1) is 21.3. The molecule has 6 aliphatic rings. The molecule has 7 nitrogen and oxygen atoms in total. The Kier molecular flexibility index (Phi) is 9.72. The molecule has 0 aliphatic heterocycles. The molecule has 0 amide bonds. The number of carbonyl (C=O) groups is 2. The molecule has 6 aliphatic carbocycles. The van der Waals surface area contributed by atoms with Gasteiger partial charge in [0.25, 0.3) is 0 Å².